The van der Waals surface area contributed by atoms with Crippen molar-refractivity contribution in [1.82, 2.24) is 4.57 Å². The Hall–Kier alpha value is -3.64. The van der Waals surface area contributed by atoms with Crippen LogP contribution in [0.25, 0.3) is 5.00 Å². The molecule has 1 amide bonds. The van der Waals surface area contributed by atoms with E-state index in [1.807, 2.05) is 37.4 Å². The molecule has 0 spiro atoms. The van der Waals surface area contributed by atoms with Gasteiger partial charge in [-0.3, -0.25) is 9.79 Å². The number of aromatic nitrogens is 1. The molecule has 0 fully saturated rings. The molecule has 35 heavy (non-hydrogen) atoms. The number of benzene rings is 2. The second-order valence-electron chi connectivity index (χ2n) is 9.15. The predicted molar refractivity (Wildman–Crippen MR) is 144 cm³/mol. The molecule has 0 unspecified atom stereocenters. The third-order valence-electron chi connectivity index (χ3n) is 6.57. The molecule has 0 saturated heterocycles. The van der Waals surface area contributed by atoms with E-state index in [1.54, 1.807) is 35.6 Å². The van der Waals surface area contributed by atoms with Gasteiger partial charge in [0.25, 0.3) is 5.91 Å². The number of aryl methyl sites for hydroxylation is 3. The molecule has 178 valence electrons. The van der Waals surface area contributed by atoms with Gasteiger partial charge in [0.2, 0.25) is 0 Å². The number of amides is 1. The molecular formula is C29H29N3O2S. The highest BCUT2D eigenvalue weighted by Gasteiger charge is 2.28. The molecule has 1 aliphatic carbocycles. The first kappa shape index (κ1) is 23.1. The molecule has 5 nitrogen and oxygen atoms in total. The minimum atomic E-state index is -0.0462. The van der Waals surface area contributed by atoms with E-state index in [2.05, 4.69) is 34.8 Å². The van der Waals surface area contributed by atoms with Gasteiger partial charge in [-0.05, 0) is 94.5 Å². The van der Waals surface area contributed by atoms with Crippen LogP contribution in [-0.4, -0.2) is 21.8 Å². The van der Waals surface area contributed by atoms with E-state index < -0.39 is 0 Å². The zero-order valence-electron chi connectivity index (χ0n) is 20.3. The Labute approximate surface area is 209 Å². The number of nitrogens with one attached hydrogen (secondary N) is 1. The van der Waals surface area contributed by atoms with E-state index in [0.29, 0.717) is 0 Å². The van der Waals surface area contributed by atoms with Gasteiger partial charge in [0, 0.05) is 33.7 Å². The van der Waals surface area contributed by atoms with Crippen LogP contribution in [0.2, 0.25) is 0 Å². The van der Waals surface area contributed by atoms with Gasteiger partial charge in [0.1, 0.15) is 10.8 Å². The number of hydrogen-bond donors (Lipinski definition) is 2. The highest BCUT2D eigenvalue weighted by Crippen LogP contribution is 2.39. The summed E-state index contributed by atoms with van der Waals surface area (Å²) in [5.74, 6) is 0.176. The lowest BCUT2D eigenvalue weighted by atomic mass is 9.95. The summed E-state index contributed by atoms with van der Waals surface area (Å²) in [5, 5.41) is 13.6. The van der Waals surface area contributed by atoms with Crippen molar-refractivity contribution in [2.75, 3.05) is 5.32 Å². The fraction of sp³-hybridized carbons (Fsp3) is 0.241. The Morgan fingerprint density at radius 3 is 2.49 bits per heavy atom. The average molecular weight is 484 g/mol. The maximum Gasteiger partial charge on any atom is 0.258 e. The van der Waals surface area contributed by atoms with Gasteiger partial charge in [-0.25, -0.2) is 0 Å². The van der Waals surface area contributed by atoms with Crippen molar-refractivity contribution in [3.8, 4) is 10.8 Å². The number of fused-ring (bicyclic) bond motifs is 1. The fourth-order valence-electron chi connectivity index (χ4n) is 4.69. The van der Waals surface area contributed by atoms with E-state index in [1.165, 1.54) is 16.9 Å². The zero-order valence-corrected chi connectivity index (χ0v) is 21.1. The maximum absolute atomic E-state index is 13.6. The number of thiophene rings is 1. The number of aromatic hydroxyl groups is 1. The van der Waals surface area contributed by atoms with Crippen molar-refractivity contribution < 1.29 is 9.90 Å². The Morgan fingerprint density at radius 2 is 1.74 bits per heavy atom. The van der Waals surface area contributed by atoms with Crippen LogP contribution in [-0.2, 0) is 12.8 Å². The Balaban J connectivity index is 1.54. The molecule has 0 aliphatic heterocycles. The van der Waals surface area contributed by atoms with Gasteiger partial charge < -0.3 is 15.0 Å². The molecule has 0 bridgehead atoms. The van der Waals surface area contributed by atoms with Crippen molar-refractivity contribution >= 4 is 34.8 Å². The largest absolute Gasteiger partial charge is 0.508 e. The summed E-state index contributed by atoms with van der Waals surface area (Å²) in [7, 11) is 0. The molecule has 0 radical (unpaired) electrons. The highest BCUT2D eigenvalue weighted by molar-refractivity contribution is 7.15. The van der Waals surface area contributed by atoms with Crippen molar-refractivity contribution in [2.45, 2.75) is 46.5 Å². The summed E-state index contributed by atoms with van der Waals surface area (Å²) in [4.78, 5) is 19.5. The van der Waals surface area contributed by atoms with E-state index in [0.717, 1.165) is 63.7 Å². The third kappa shape index (κ3) is 4.66. The smallest absolute Gasteiger partial charge is 0.258 e. The zero-order chi connectivity index (χ0) is 24.5. The van der Waals surface area contributed by atoms with Crippen LogP contribution in [0.15, 0.2) is 59.6 Å². The van der Waals surface area contributed by atoms with E-state index >= 15 is 0 Å². The minimum Gasteiger partial charge on any atom is -0.508 e. The van der Waals surface area contributed by atoms with Gasteiger partial charge in [-0.15, -0.1) is 11.3 Å². The van der Waals surface area contributed by atoms with Crippen LogP contribution >= 0.6 is 11.3 Å². The number of nitrogens with zero attached hydrogens (tertiary/aromatic N) is 2. The summed E-state index contributed by atoms with van der Waals surface area (Å²) in [6.07, 6.45) is 6.10. The second-order valence-corrected chi connectivity index (χ2v) is 10.2. The lowest BCUT2D eigenvalue weighted by molar-refractivity contribution is 0.102. The lowest BCUT2D eigenvalue weighted by Gasteiger charge is -2.14. The van der Waals surface area contributed by atoms with E-state index in [9.17, 15) is 9.90 Å². The van der Waals surface area contributed by atoms with Gasteiger partial charge in [-0.2, -0.15) is 0 Å². The lowest BCUT2D eigenvalue weighted by Crippen LogP contribution is -2.17. The van der Waals surface area contributed by atoms with Crippen molar-refractivity contribution in [2.24, 2.45) is 4.99 Å². The summed E-state index contributed by atoms with van der Waals surface area (Å²) in [6, 6.07) is 16.9. The molecule has 1 aliphatic rings. The first-order chi connectivity index (χ1) is 16.9. The molecule has 5 rings (SSSR count). The van der Waals surface area contributed by atoms with Crippen LogP contribution in [0.4, 0.5) is 11.4 Å². The van der Waals surface area contributed by atoms with Gasteiger partial charge in [0.05, 0.1) is 11.3 Å². The number of hydrogen-bond acceptors (Lipinski definition) is 4. The Bertz CT molecular complexity index is 1410. The summed E-state index contributed by atoms with van der Waals surface area (Å²) in [6.45, 7) is 6.19. The highest BCUT2D eigenvalue weighted by atomic mass is 32.1. The standard InChI is InChI=1S/C29H29N3O2S/c1-18-8-10-23(11-9-18)31-28(34)27-25-6-4-5-7-26(25)35-29(27)32-19(2)16-21(20(32)3)17-30-22-12-14-24(33)15-13-22/h8-17,33H,4-7H2,1-3H3,(H,31,34). The topological polar surface area (TPSA) is 66.6 Å². The van der Waals surface area contributed by atoms with E-state index in [4.69, 9.17) is 0 Å². The molecule has 0 saturated carbocycles. The Morgan fingerprint density at radius 1 is 1.03 bits per heavy atom. The number of carbonyl (C=O) groups excluding carboxylic acids is 1. The van der Waals surface area contributed by atoms with Crippen molar-refractivity contribution in [1.29, 1.82) is 0 Å². The summed E-state index contributed by atoms with van der Waals surface area (Å²) >= 11 is 1.74. The number of phenolic OH excluding ortho intramolecular Hbond substituents is 1. The summed E-state index contributed by atoms with van der Waals surface area (Å²) in [5.41, 5.74) is 7.87. The van der Waals surface area contributed by atoms with Crippen LogP contribution in [0, 0.1) is 20.8 Å². The molecular weight excluding hydrogens is 454 g/mol. The SMILES string of the molecule is Cc1ccc(NC(=O)c2c(-n3c(C)cc(C=Nc4ccc(O)cc4)c3C)sc3c2CCCC3)cc1. The van der Waals surface area contributed by atoms with Crippen LogP contribution < -0.4 is 5.32 Å². The number of phenols is 1. The summed E-state index contributed by atoms with van der Waals surface area (Å²) < 4.78 is 2.20. The van der Waals surface area contributed by atoms with Crippen LogP contribution in [0.3, 0.4) is 0 Å². The average Bonchev–Trinajstić information content (AvgIpc) is 3.36. The normalized spacial score (nSPS) is 13.2. The Kier molecular flexibility index (Phi) is 6.31. The number of rotatable bonds is 5. The van der Waals surface area contributed by atoms with E-state index in [-0.39, 0.29) is 11.7 Å². The van der Waals surface area contributed by atoms with Gasteiger partial charge in [-0.1, -0.05) is 17.7 Å². The monoisotopic (exact) mass is 483 g/mol. The molecule has 2 aromatic heterocycles. The first-order valence-electron chi connectivity index (χ1n) is 12.0. The predicted octanol–water partition coefficient (Wildman–Crippen LogP) is 7.05. The third-order valence-corrected chi connectivity index (χ3v) is 7.84. The van der Waals surface area contributed by atoms with Gasteiger partial charge in [0.15, 0.2) is 0 Å². The molecule has 6 heteroatoms. The second kappa shape index (κ2) is 9.55. The van der Waals surface area contributed by atoms with Crippen molar-refractivity contribution in [3.63, 3.8) is 0 Å². The number of carbonyl (C=O) groups is 1. The first-order valence-corrected chi connectivity index (χ1v) is 12.8. The molecule has 2 N–H and O–H groups in total. The fourth-order valence-corrected chi connectivity index (χ4v) is 6.18. The van der Waals surface area contributed by atoms with Crippen LogP contribution in [0.1, 0.15) is 56.2 Å². The quantitative estimate of drug-likeness (QED) is 0.299. The van der Waals surface area contributed by atoms with Crippen LogP contribution in [0.5, 0.6) is 5.75 Å². The number of aliphatic imine (C=N–C) groups is 1. The number of anilines is 1. The maximum atomic E-state index is 13.6. The molecule has 2 aromatic carbocycles. The van der Waals surface area contributed by atoms with Gasteiger partial charge >= 0.3 is 0 Å². The van der Waals surface area contributed by atoms with Crippen molar-refractivity contribution in [3.05, 3.63) is 93.1 Å². The molecule has 0 atom stereocenters. The molecule has 4 aromatic rings. The molecule has 2 heterocycles. The minimum absolute atomic E-state index is 0.0462.